The van der Waals surface area contributed by atoms with Gasteiger partial charge in [-0.15, -0.1) is 0 Å². The monoisotopic (exact) mass is 476 g/mol. The maximum Gasteiger partial charge on any atom is 0.416 e. The molecular weight excluding hydrogens is 457 g/mol. The Morgan fingerprint density at radius 3 is 2.76 bits per heavy atom. The van der Waals surface area contributed by atoms with Crippen LogP contribution in [-0.4, -0.2) is 47.0 Å². The molecule has 4 rings (SSSR count). The Balaban J connectivity index is 1.64. The van der Waals surface area contributed by atoms with E-state index < -0.39 is 29.9 Å². The molecule has 0 bridgehead atoms. The quantitative estimate of drug-likeness (QED) is 0.400. The van der Waals surface area contributed by atoms with E-state index in [-0.39, 0.29) is 36.1 Å². The van der Waals surface area contributed by atoms with E-state index in [9.17, 15) is 22.8 Å². The van der Waals surface area contributed by atoms with E-state index in [0.717, 1.165) is 12.1 Å². The lowest BCUT2D eigenvalue weighted by atomic mass is 10.1. The Morgan fingerprint density at radius 2 is 2.06 bits per heavy atom. The van der Waals surface area contributed by atoms with Crippen LogP contribution in [0.25, 0.3) is 22.6 Å². The zero-order chi connectivity index (χ0) is 24.5. The van der Waals surface area contributed by atoms with E-state index in [1.165, 1.54) is 21.5 Å². The highest BCUT2D eigenvalue weighted by Crippen LogP contribution is 2.29. The number of halogens is 3. The third-order valence-corrected chi connectivity index (χ3v) is 4.85. The summed E-state index contributed by atoms with van der Waals surface area (Å²) in [7, 11) is 0. The molecule has 34 heavy (non-hydrogen) atoms. The van der Waals surface area contributed by atoms with Crippen LogP contribution < -0.4 is 10.3 Å². The number of H-pyrrole nitrogens is 1. The Kier molecular flexibility index (Phi) is 6.09. The van der Waals surface area contributed by atoms with Crippen LogP contribution in [0.5, 0.6) is 6.01 Å². The molecule has 0 saturated heterocycles. The molecule has 0 atom stereocenters. The van der Waals surface area contributed by atoms with Crippen LogP contribution in [0.3, 0.4) is 0 Å². The average molecular weight is 476 g/mol. The molecule has 4 aromatic rings. The number of imidazole rings is 1. The number of nitrogens with zero attached hydrogens (tertiary/aromatic N) is 5. The van der Waals surface area contributed by atoms with Gasteiger partial charge in [0.25, 0.3) is 5.56 Å². The van der Waals surface area contributed by atoms with Gasteiger partial charge >= 0.3 is 18.2 Å². The number of hydrogen-bond donors (Lipinski definition) is 2. The van der Waals surface area contributed by atoms with Gasteiger partial charge in [-0.1, -0.05) is 19.1 Å². The first kappa shape index (κ1) is 23.0. The first-order valence-electron chi connectivity index (χ1n) is 10.2. The number of rotatable bonds is 8. The minimum Gasteiger partial charge on any atom is -0.479 e. The number of carbonyl (C=O) groups is 1. The van der Waals surface area contributed by atoms with Gasteiger partial charge in [0, 0.05) is 12.7 Å². The fourth-order valence-electron chi connectivity index (χ4n) is 3.37. The van der Waals surface area contributed by atoms with Crippen molar-refractivity contribution in [2.24, 2.45) is 0 Å². The molecule has 0 unspecified atom stereocenters. The number of hydrogen-bond acceptors (Lipinski definition) is 6. The van der Waals surface area contributed by atoms with Gasteiger partial charge in [-0.05, 0) is 24.1 Å². The number of aromatic amines is 1. The molecule has 0 aliphatic heterocycles. The van der Waals surface area contributed by atoms with Crippen LogP contribution in [0.2, 0.25) is 0 Å². The molecule has 0 fully saturated rings. The predicted octanol–water partition coefficient (Wildman–Crippen LogP) is 2.92. The third kappa shape index (κ3) is 4.77. The van der Waals surface area contributed by atoms with Gasteiger partial charge in [-0.2, -0.15) is 23.3 Å². The van der Waals surface area contributed by atoms with Crippen molar-refractivity contribution in [2.45, 2.75) is 32.6 Å². The number of carboxylic acid groups (broad SMARTS) is 1. The molecule has 3 heterocycles. The van der Waals surface area contributed by atoms with Crippen molar-refractivity contribution in [3.05, 3.63) is 58.1 Å². The maximum absolute atomic E-state index is 13.0. The van der Waals surface area contributed by atoms with Crippen molar-refractivity contribution in [1.29, 1.82) is 0 Å². The van der Waals surface area contributed by atoms with E-state index in [1.807, 2.05) is 6.92 Å². The van der Waals surface area contributed by atoms with E-state index in [4.69, 9.17) is 9.84 Å². The smallest absolute Gasteiger partial charge is 0.416 e. The van der Waals surface area contributed by atoms with Crippen LogP contribution in [0.15, 0.2) is 41.5 Å². The lowest BCUT2D eigenvalue weighted by molar-refractivity contribution is -0.139. The zero-order valence-corrected chi connectivity index (χ0v) is 17.8. The molecule has 0 aliphatic carbocycles. The van der Waals surface area contributed by atoms with Gasteiger partial charge in [0.15, 0.2) is 17.8 Å². The summed E-state index contributed by atoms with van der Waals surface area (Å²) in [6, 6.07) is 4.80. The molecule has 0 saturated carbocycles. The minimum absolute atomic E-state index is 0.0402. The average Bonchev–Trinajstić information content (AvgIpc) is 3.41. The van der Waals surface area contributed by atoms with Gasteiger partial charge in [-0.3, -0.25) is 14.0 Å². The minimum atomic E-state index is -4.44. The summed E-state index contributed by atoms with van der Waals surface area (Å²) in [6.45, 7) is 1.54. The first-order chi connectivity index (χ1) is 16.2. The number of ether oxygens (including phenoxy) is 1. The molecule has 13 heteroatoms. The highest BCUT2D eigenvalue weighted by atomic mass is 19.4. The van der Waals surface area contributed by atoms with Crippen LogP contribution in [0, 0.1) is 0 Å². The van der Waals surface area contributed by atoms with Crippen molar-refractivity contribution >= 4 is 17.1 Å². The summed E-state index contributed by atoms with van der Waals surface area (Å²) < 4.78 is 46.7. The van der Waals surface area contributed by atoms with Crippen molar-refractivity contribution in [1.82, 2.24) is 29.3 Å². The second-order valence-electron chi connectivity index (χ2n) is 7.44. The Morgan fingerprint density at radius 1 is 1.26 bits per heavy atom. The van der Waals surface area contributed by atoms with Crippen LogP contribution in [0.1, 0.15) is 24.5 Å². The standard InChI is InChI=1S/C21H19F3N6O4/c1-2-6-30-19(33)16-18(28-20(30)34-11-15(31)32)27-17(26-16)13-8-25-29(10-13)9-12-4-3-5-14(7-12)21(22,23)24/h3-5,7-8,10H,2,6,9,11H2,1H3,(H,26,27)(H,31,32). The number of carboxylic acids is 1. The number of aliphatic carboxylic acids is 1. The SMILES string of the molecule is CCCn1c(OCC(=O)O)nc2nc(-c3cnn(Cc4cccc(C(F)(F)F)c4)c3)[nH]c2c1=O. The van der Waals surface area contributed by atoms with Gasteiger partial charge in [0.1, 0.15) is 5.82 Å². The van der Waals surface area contributed by atoms with Crippen LogP contribution >= 0.6 is 0 Å². The summed E-state index contributed by atoms with van der Waals surface area (Å²) in [5.41, 5.74) is -0.166. The van der Waals surface area contributed by atoms with Crippen molar-refractivity contribution < 1.29 is 27.8 Å². The maximum atomic E-state index is 13.0. The molecule has 0 radical (unpaired) electrons. The molecule has 1 aromatic carbocycles. The predicted molar refractivity (Wildman–Crippen MR) is 113 cm³/mol. The Labute approximate surface area is 189 Å². The highest BCUT2D eigenvalue weighted by molar-refractivity contribution is 5.75. The van der Waals surface area contributed by atoms with Gasteiger partial charge in [0.2, 0.25) is 0 Å². The number of alkyl halides is 3. The van der Waals surface area contributed by atoms with Crippen molar-refractivity contribution in [3.8, 4) is 17.4 Å². The first-order valence-corrected chi connectivity index (χ1v) is 10.2. The number of benzene rings is 1. The Bertz CT molecular complexity index is 1410. The number of fused-ring (bicyclic) bond motifs is 1. The molecule has 10 nitrogen and oxygen atoms in total. The molecule has 178 valence electrons. The summed E-state index contributed by atoms with van der Waals surface area (Å²) in [5, 5.41) is 13.0. The molecule has 0 aliphatic rings. The zero-order valence-electron chi connectivity index (χ0n) is 17.8. The van der Waals surface area contributed by atoms with Gasteiger partial charge in [0.05, 0.1) is 23.9 Å². The summed E-state index contributed by atoms with van der Waals surface area (Å²) >= 11 is 0. The van der Waals surface area contributed by atoms with E-state index in [2.05, 4.69) is 20.1 Å². The van der Waals surface area contributed by atoms with Crippen molar-refractivity contribution in [3.63, 3.8) is 0 Å². The van der Waals surface area contributed by atoms with Crippen molar-refractivity contribution in [2.75, 3.05) is 6.61 Å². The molecule has 0 spiro atoms. The fraction of sp³-hybridized carbons (Fsp3) is 0.286. The molecule has 2 N–H and O–H groups in total. The fourth-order valence-corrected chi connectivity index (χ4v) is 3.37. The largest absolute Gasteiger partial charge is 0.479 e. The summed E-state index contributed by atoms with van der Waals surface area (Å²) in [5.74, 6) is -0.943. The lowest BCUT2D eigenvalue weighted by Gasteiger charge is -2.10. The lowest BCUT2D eigenvalue weighted by Crippen LogP contribution is -2.25. The summed E-state index contributed by atoms with van der Waals surface area (Å²) in [6.07, 6.45) is -0.827. The summed E-state index contributed by atoms with van der Waals surface area (Å²) in [4.78, 5) is 35.1. The topological polar surface area (TPSA) is 128 Å². The molecular formula is C21H19F3N6O4. The van der Waals surface area contributed by atoms with Gasteiger partial charge < -0.3 is 14.8 Å². The Hall–Kier alpha value is -4.16. The molecule has 3 aromatic heterocycles. The number of aromatic nitrogens is 6. The highest BCUT2D eigenvalue weighted by Gasteiger charge is 2.30. The normalized spacial score (nSPS) is 11.8. The molecule has 0 amide bonds. The third-order valence-electron chi connectivity index (χ3n) is 4.85. The van der Waals surface area contributed by atoms with E-state index in [1.54, 1.807) is 12.3 Å². The second kappa shape index (κ2) is 9.00. The second-order valence-corrected chi connectivity index (χ2v) is 7.44. The van der Waals surface area contributed by atoms with E-state index >= 15 is 0 Å². The number of nitrogens with one attached hydrogen (secondary N) is 1. The van der Waals surface area contributed by atoms with E-state index in [0.29, 0.717) is 17.5 Å². The van der Waals surface area contributed by atoms with Crippen LogP contribution in [0.4, 0.5) is 13.2 Å². The van der Waals surface area contributed by atoms with Gasteiger partial charge in [-0.25, -0.2) is 9.78 Å². The van der Waals surface area contributed by atoms with Crippen LogP contribution in [-0.2, 0) is 24.1 Å².